The molecule has 0 aliphatic carbocycles. The lowest BCUT2D eigenvalue weighted by Gasteiger charge is -2.06. The minimum absolute atomic E-state index is 0.253. The van der Waals surface area contributed by atoms with E-state index in [1.54, 1.807) is 0 Å². The van der Waals surface area contributed by atoms with Crippen molar-refractivity contribution >= 4 is 11.6 Å². The summed E-state index contributed by atoms with van der Waals surface area (Å²) >= 11 is 0. The summed E-state index contributed by atoms with van der Waals surface area (Å²) in [6.45, 7) is 0. The van der Waals surface area contributed by atoms with Gasteiger partial charge in [-0.15, -0.1) is 0 Å². The smallest absolute Gasteiger partial charge is 0.229 e. The number of nitrogens with one attached hydrogen (secondary N) is 1. The Morgan fingerprint density at radius 2 is 1.79 bits per heavy atom. The topological polar surface area (TPSA) is 42.0 Å². The Bertz CT molecular complexity index is 579. The fourth-order valence-electron chi connectivity index (χ4n) is 1.52. The van der Waals surface area contributed by atoms with Gasteiger partial charge in [0.2, 0.25) is 11.9 Å². The largest absolute Gasteiger partial charge is 0.324 e. The molecule has 6 heteroatoms. The highest BCUT2D eigenvalue weighted by Gasteiger charge is 2.13. The lowest BCUT2D eigenvalue weighted by atomic mass is 10.1. The third kappa shape index (κ3) is 3.31. The molecule has 0 radical (unpaired) electrons. The second-order valence-corrected chi connectivity index (χ2v) is 3.79. The molecule has 19 heavy (non-hydrogen) atoms. The van der Waals surface area contributed by atoms with E-state index in [1.807, 2.05) is 0 Å². The van der Waals surface area contributed by atoms with Crippen LogP contribution in [0.25, 0.3) is 0 Å². The van der Waals surface area contributed by atoms with Gasteiger partial charge in [0.1, 0.15) is 11.6 Å². The number of nitrogens with zero attached hydrogens (tertiary/aromatic N) is 1. The Labute approximate surface area is 107 Å². The molecule has 0 spiro atoms. The number of rotatable bonds is 3. The third-order valence-electron chi connectivity index (χ3n) is 2.41. The van der Waals surface area contributed by atoms with Gasteiger partial charge in [-0.2, -0.15) is 4.39 Å². The number of hydrogen-bond donors (Lipinski definition) is 1. The molecule has 1 amide bonds. The molecule has 0 aliphatic heterocycles. The van der Waals surface area contributed by atoms with Gasteiger partial charge >= 0.3 is 0 Å². The summed E-state index contributed by atoms with van der Waals surface area (Å²) in [7, 11) is 0. The average molecular weight is 266 g/mol. The van der Waals surface area contributed by atoms with Crippen molar-refractivity contribution in [1.82, 2.24) is 4.98 Å². The molecule has 3 nitrogen and oxygen atoms in total. The second-order valence-electron chi connectivity index (χ2n) is 3.79. The van der Waals surface area contributed by atoms with Gasteiger partial charge in [-0.25, -0.2) is 13.8 Å². The molecular weight excluding hydrogens is 257 g/mol. The molecule has 1 heterocycles. The molecule has 2 rings (SSSR count). The first kappa shape index (κ1) is 13.1. The summed E-state index contributed by atoms with van der Waals surface area (Å²) in [5.74, 6) is -2.87. The number of pyridine rings is 1. The van der Waals surface area contributed by atoms with Gasteiger partial charge in [0.25, 0.3) is 0 Å². The Morgan fingerprint density at radius 1 is 1.11 bits per heavy atom. The van der Waals surface area contributed by atoms with E-state index < -0.39 is 29.9 Å². The summed E-state index contributed by atoms with van der Waals surface area (Å²) in [4.78, 5) is 15.0. The van der Waals surface area contributed by atoms with Gasteiger partial charge < -0.3 is 5.32 Å². The predicted octanol–water partition coefficient (Wildman–Crippen LogP) is 2.68. The Morgan fingerprint density at radius 3 is 2.37 bits per heavy atom. The zero-order valence-corrected chi connectivity index (χ0v) is 9.66. The van der Waals surface area contributed by atoms with Gasteiger partial charge in [-0.1, -0.05) is 6.07 Å². The van der Waals surface area contributed by atoms with E-state index in [2.05, 4.69) is 10.3 Å². The van der Waals surface area contributed by atoms with Crippen molar-refractivity contribution in [3.8, 4) is 0 Å². The van der Waals surface area contributed by atoms with Crippen LogP contribution in [-0.2, 0) is 11.2 Å². The average Bonchev–Trinajstić information content (AvgIpc) is 2.37. The Hall–Kier alpha value is -2.37. The van der Waals surface area contributed by atoms with Crippen LogP contribution in [0, 0.1) is 17.6 Å². The monoisotopic (exact) mass is 266 g/mol. The zero-order valence-electron chi connectivity index (χ0n) is 9.66. The fraction of sp³-hybridized carbons (Fsp3) is 0.0769. The molecule has 1 aromatic carbocycles. The lowest BCUT2D eigenvalue weighted by molar-refractivity contribution is -0.115. The first-order chi connectivity index (χ1) is 9.06. The van der Waals surface area contributed by atoms with Crippen molar-refractivity contribution < 1.29 is 18.0 Å². The molecule has 0 saturated heterocycles. The van der Waals surface area contributed by atoms with Crippen molar-refractivity contribution in [3.05, 3.63) is 59.7 Å². The van der Waals surface area contributed by atoms with Crippen molar-refractivity contribution in [3.63, 3.8) is 0 Å². The van der Waals surface area contributed by atoms with Crippen LogP contribution in [0.15, 0.2) is 36.5 Å². The number of carbonyl (C=O) groups excluding carboxylic acids is 1. The van der Waals surface area contributed by atoms with Crippen molar-refractivity contribution in [2.45, 2.75) is 6.42 Å². The van der Waals surface area contributed by atoms with Crippen molar-refractivity contribution in [2.75, 3.05) is 5.32 Å². The Kier molecular flexibility index (Phi) is 3.79. The lowest BCUT2D eigenvalue weighted by Crippen LogP contribution is -2.16. The maximum atomic E-state index is 13.3. The maximum absolute atomic E-state index is 13.3. The third-order valence-corrected chi connectivity index (χ3v) is 2.41. The van der Waals surface area contributed by atoms with Crippen LogP contribution in [0.4, 0.5) is 18.9 Å². The number of carbonyl (C=O) groups is 1. The number of benzene rings is 1. The van der Waals surface area contributed by atoms with Crippen LogP contribution in [-0.4, -0.2) is 10.9 Å². The summed E-state index contributed by atoms with van der Waals surface area (Å²) in [5.41, 5.74) is -0.0572. The Balaban J connectivity index is 2.07. The quantitative estimate of drug-likeness (QED) is 0.868. The van der Waals surface area contributed by atoms with Crippen LogP contribution in [0.1, 0.15) is 5.56 Å². The van der Waals surface area contributed by atoms with Crippen molar-refractivity contribution in [2.24, 2.45) is 0 Å². The highest BCUT2D eigenvalue weighted by Crippen LogP contribution is 2.14. The standard InChI is InChI=1S/C13H9F3N2O/c14-10-2-1-3-11(15)9(10)6-13(19)18-8-4-5-12(16)17-7-8/h1-5,7H,6H2,(H,18,19). The van der Waals surface area contributed by atoms with Gasteiger partial charge in [0.05, 0.1) is 18.3 Å². The zero-order chi connectivity index (χ0) is 13.8. The molecule has 0 bridgehead atoms. The van der Waals surface area contributed by atoms with Crippen LogP contribution < -0.4 is 5.32 Å². The summed E-state index contributed by atoms with van der Waals surface area (Å²) in [6.07, 6.45) is 0.667. The molecule has 0 unspecified atom stereocenters. The number of amides is 1. The predicted molar refractivity (Wildman–Crippen MR) is 62.9 cm³/mol. The van der Waals surface area contributed by atoms with Crippen LogP contribution in [0.5, 0.6) is 0 Å². The molecule has 1 N–H and O–H groups in total. The van der Waals surface area contributed by atoms with Crippen LogP contribution >= 0.6 is 0 Å². The van der Waals surface area contributed by atoms with E-state index in [1.165, 1.54) is 12.1 Å². The fourth-order valence-corrected chi connectivity index (χ4v) is 1.52. The summed E-state index contributed by atoms with van der Waals surface area (Å²) < 4.78 is 39.2. The molecule has 0 saturated carbocycles. The van der Waals surface area contributed by atoms with Gasteiger partial charge in [-0.05, 0) is 24.3 Å². The highest BCUT2D eigenvalue weighted by molar-refractivity contribution is 5.92. The SMILES string of the molecule is O=C(Cc1c(F)cccc1F)Nc1ccc(F)nc1. The minimum Gasteiger partial charge on any atom is -0.324 e. The van der Waals surface area contributed by atoms with E-state index in [0.29, 0.717) is 0 Å². The van der Waals surface area contributed by atoms with Gasteiger partial charge in [0.15, 0.2) is 0 Å². The van der Waals surface area contributed by atoms with E-state index in [-0.39, 0.29) is 11.3 Å². The molecular formula is C13H9F3N2O. The molecule has 0 aliphatic rings. The molecule has 0 fully saturated rings. The van der Waals surface area contributed by atoms with E-state index in [9.17, 15) is 18.0 Å². The van der Waals surface area contributed by atoms with Crippen molar-refractivity contribution in [1.29, 1.82) is 0 Å². The highest BCUT2D eigenvalue weighted by atomic mass is 19.1. The number of aromatic nitrogens is 1. The van der Waals surface area contributed by atoms with Gasteiger partial charge in [0, 0.05) is 5.56 Å². The normalized spacial score (nSPS) is 10.3. The first-order valence-electron chi connectivity index (χ1n) is 5.40. The van der Waals surface area contributed by atoms with E-state index in [4.69, 9.17) is 0 Å². The van der Waals surface area contributed by atoms with Crippen LogP contribution in [0.3, 0.4) is 0 Å². The molecule has 2 aromatic rings. The maximum Gasteiger partial charge on any atom is 0.229 e. The number of hydrogen-bond acceptors (Lipinski definition) is 2. The molecule has 0 atom stereocenters. The minimum atomic E-state index is -0.785. The second kappa shape index (κ2) is 5.51. The first-order valence-corrected chi connectivity index (χ1v) is 5.40. The molecule has 1 aromatic heterocycles. The number of anilines is 1. The van der Waals surface area contributed by atoms with Crippen LogP contribution in [0.2, 0.25) is 0 Å². The van der Waals surface area contributed by atoms with Gasteiger partial charge in [-0.3, -0.25) is 4.79 Å². The van der Waals surface area contributed by atoms with E-state index in [0.717, 1.165) is 24.4 Å². The summed E-state index contributed by atoms with van der Waals surface area (Å²) in [6, 6.07) is 5.74. The summed E-state index contributed by atoms with van der Waals surface area (Å²) in [5, 5.41) is 2.37. The van der Waals surface area contributed by atoms with E-state index >= 15 is 0 Å². The molecule has 98 valence electrons. The number of halogens is 3.